The van der Waals surface area contributed by atoms with Crippen molar-refractivity contribution in [2.24, 2.45) is 7.05 Å². The lowest BCUT2D eigenvalue weighted by atomic mass is 10.3. The van der Waals surface area contributed by atoms with Gasteiger partial charge in [-0.15, -0.1) is 24.8 Å². The molecule has 0 bridgehead atoms. The first-order valence-corrected chi connectivity index (χ1v) is 9.72. The second-order valence-electron chi connectivity index (χ2n) is 6.65. The van der Waals surface area contributed by atoms with E-state index in [4.69, 9.17) is 23.2 Å². The van der Waals surface area contributed by atoms with Crippen LogP contribution in [0, 0.1) is 6.92 Å². The van der Waals surface area contributed by atoms with Crippen LogP contribution in [0.25, 0.3) is 5.69 Å². The number of hydrogen-bond donors (Lipinski definition) is 1. The van der Waals surface area contributed by atoms with Crippen LogP contribution in [-0.4, -0.2) is 21.2 Å². The van der Waals surface area contributed by atoms with Gasteiger partial charge in [0.2, 0.25) is 0 Å². The molecule has 2 aromatic carbocycles. The molecule has 0 radical (unpaired) electrons. The zero-order valence-electron chi connectivity index (χ0n) is 16.8. The second kappa shape index (κ2) is 9.83. The summed E-state index contributed by atoms with van der Waals surface area (Å²) in [7, 11) is 1.72. The summed E-state index contributed by atoms with van der Waals surface area (Å²) >= 11 is 12.3. The van der Waals surface area contributed by atoms with Crippen LogP contribution in [0.5, 0.6) is 0 Å². The van der Waals surface area contributed by atoms with Crippen molar-refractivity contribution in [3.8, 4) is 5.69 Å². The number of benzene rings is 2. The van der Waals surface area contributed by atoms with Crippen molar-refractivity contribution in [2.45, 2.75) is 6.92 Å². The van der Waals surface area contributed by atoms with Gasteiger partial charge in [0.05, 0.1) is 22.1 Å². The molecule has 2 heterocycles. The summed E-state index contributed by atoms with van der Waals surface area (Å²) in [5.74, 6) is -1.40. The average Bonchev–Trinajstić information content (AvgIpc) is 3.08. The highest BCUT2D eigenvalue weighted by atomic mass is 35.5. The lowest BCUT2D eigenvalue weighted by Gasteiger charge is -2.16. The first-order chi connectivity index (χ1) is 14.3. The summed E-state index contributed by atoms with van der Waals surface area (Å²) in [5, 5.41) is 2.71. The predicted molar refractivity (Wildman–Crippen MR) is 131 cm³/mol. The molecule has 7 nitrogen and oxygen atoms in total. The van der Waals surface area contributed by atoms with Gasteiger partial charge in [0.15, 0.2) is 0 Å². The van der Waals surface area contributed by atoms with Crippen molar-refractivity contribution in [1.82, 2.24) is 9.36 Å². The Morgan fingerprint density at radius 3 is 2.06 bits per heavy atom. The normalized spacial score (nSPS) is 13.2. The number of amides is 2. The highest BCUT2D eigenvalue weighted by molar-refractivity contribution is 6.53. The number of rotatable bonds is 4. The molecular weight excluding hydrogens is 498 g/mol. The van der Waals surface area contributed by atoms with Crippen LogP contribution in [0.3, 0.4) is 0 Å². The van der Waals surface area contributed by atoms with Gasteiger partial charge in [0.1, 0.15) is 16.4 Å². The zero-order chi connectivity index (χ0) is 21.6. The maximum atomic E-state index is 13.1. The topological polar surface area (TPSA) is 76.3 Å². The lowest BCUT2D eigenvalue weighted by Crippen LogP contribution is -2.32. The van der Waals surface area contributed by atoms with Crippen LogP contribution in [0.4, 0.5) is 11.4 Å². The molecule has 1 aliphatic rings. The molecule has 3 aromatic rings. The van der Waals surface area contributed by atoms with E-state index in [1.165, 1.54) is 4.68 Å². The fraction of sp³-hybridized carbons (Fsp3) is 0.0952. The molecule has 0 fully saturated rings. The minimum Gasteiger partial charge on any atom is -0.344 e. The van der Waals surface area contributed by atoms with E-state index in [0.29, 0.717) is 11.4 Å². The van der Waals surface area contributed by atoms with E-state index in [2.05, 4.69) is 5.32 Å². The van der Waals surface area contributed by atoms with Crippen molar-refractivity contribution in [3.63, 3.8) is 0 Å². The number of para-hydroxylation sites is 2. The van der Waals surface area contributed by atoms with Gasteiger partial charge in [-0.2, -0.15) is 0 Å². The lowest BCUT2D eigenvalue weighted by molar-refractivity contribution is -0.120. The van der Waals surface area contributed by atoms with Crippen LogP contribution in [0.15, 0.2) is 70.1 Å². The third-order valence-electron chi connectivity index (χ3n) is 4.92. The largest absolute Gasteiger partial charge is 0.344 e. The number of aromatic nitrogens is 2. The van der Waals surface area contributed by atoms with Crippen LogP contribution < -0.4 is 15.8 Å². The van der Waals surface area contributed by atoms with E-state index in [0.717, 1.165) is 4.90 Å². The Hall–Kier alpha value is -2.71. The Balaban J connectivity index is 0.00000181. The molecule has 4 rings (SSSR count). The molecule has 0 saturated heterocycles. The Morgan fingerprint density at radius 2 is 1.44 bits per heavy atom. The third-order valence-corrected chi connectivity index (χ3v) is 5.60. The minimum atomic E-state index is -0.714. The van der Waals surface area contributed by atoms with Gasteiger partial charge in [-0.25, -0.2) is 9.58 Å². The molecule has 0 spiro atoms. The van der Waals surface area contributed by atoms with Gasteiger partial charge in [0, 0.05) is 7.05 Å². The molecule has 1 aliphatic heterocycles. The maximum Gasteiger partial charge on any atom is 0.295 e. The molecule has 0 aliphatic carbocycles. The van der Waals surface area contributed by atoms with Crippen molar-refractivity contribution >= 4 is 71.2 Å². The summed E-state index contributed by atoms with van der Waals surface area (Å²) in [4.78, 5) is 39.6. The summed E-state index contributed by atoms with van der Waals surface area (Å²) in [6.07, 6.45) is 0. The van der Waals surface area contributed by atoms with Crippen LogP contribution in [0.2, 0.25) is 5.02 Å². The number of nitrogens with zero attached hydrogens (tertiary/aromatic N) is 3. The van der Waals surface area contributed by atoms with Crippen LogP contribution in [-0.2, 0) is 16.6 Å². The number of anilines is 2. The van der Waals surface area contributed by atoms with Crippen LogP contribution in [0.1, 0.15) is 5.69 Å². The summed E-state index contributed by atoms with van der Waals surface area (Å²) in [6.45, 7) is 1.73. The fourth-order valence-corrected chi connectivity index (χ4v) is 3.73. The van der Waals surface area contributed by atoms with Crippen molar-refractivity contribution in [2.75, 3.05) is 10.2 Å². The number of halogens is 4. The fourth-order valence-electron chi connectivity index (χ4n) is 3.30. The predicted octanol–water partition coefficient (Wildman–Crippen LogP) is 4.42. The molecule has 1 N–H and O–H groups in total. The highest BCUT2D eigenvalue weighted by Gasteiger charge is 2.40. The first kappa shape index (κ1) is 25.5. The molecule has 168 valence electrons. The Morgan fingerprint density at radius 1 is 0.844 bits per heavy atom. The number of hydrogen-bond acceptors (Lipinski definition) is 4. The Labute approximate surface area is 206 Å². The van der Waals surface area contributed by atoms with Crippen molar-refractivity contribution in [1.29, 1.82) is 0 Å². The van der Waals surface area contributed by atoms with Gasteiger partial charge < -0.3 is 5.32 Å². The quantitative estimate of drug-likeness (QED) is 0.522. The van der Waals surface area contributed by atoms with Gasteiger partial charge in [-0.1, -0.05) is 53.5 Å². The van der Waals surface area contributed by atoms with E-state index < -0.39 is 11.8 Å². The molecule has 1 aromatic heterocycles. The molecule has 11 heteroatoms. The third kappa shape index (κ3) is 4.04. The number of imide groups is 1. The van der Waals surface area contributed by atoms with E-state index >= 15 is 0 Å². The summed E-state index contributed by atoms with van der Waals surface area (Å²) < 4.78 is 3.11. The highest BCUT2D eigenvalue weighted by Crippen LogP contribution is 2.34. The van der Waals surface area contributed by atoms with E-state index in [1.54, 1.807) is 55.1 Å². The van der Waals surface area contributed by atoms with Crippen molar-refractivity contribution < 1.29 is 9.59 Å². The van der Waals surface area contributed by atoms with Gasteiger partial charge in [0.25, 0.3) is 17.4 Å². The average molecular weight is 516 g/mol. The summed E-state index contributed by atoms with van der Waals surface area (Å²) in [6, 6.07) is 15.5. The standard InChI is InChI=1S/C21H16Cl2N4O3.2ClH/c1-12-17(21(30)27(25(12)2)13-8-4-3-5-9-13)24-18-16(23)19(28)26(20(18)29)15-11-7-6-10-14(15)22;;/h3-11,24H,1-2H3;2*1H. The van der Waals surface area contributed by atoms with Gasteiger partial charge >= 0.3 is 0 Å². The van der Waals surface area contributed by atoms with E-state index in [-0.39, 0.29) is 57.5 Å². The van der Waals surface area contributed by atoms with E-state index in [1.807, 2.05) is 18.2 Å². The molecule has 2 amide bonds. The maximum absolute atomic E-state index is 13.1. The monoisotopic (exact) mass is 514 g/mol. The molecule has 32 heavy (non-hydrogen) atoms. The van der Waals surface area contributed by atoms with Gasteiger partial charge in [-0.3, -0.25) is 19.1 Å². The SMILES string of the molecule is Cc1c(NC2=C(Cl)C(=O)N(c3ccccc3Cl)C2=O)c(=O)n(-c2ccccc2)n1C.Cl.Cl. The molecular formula is C21H18Cl4N4O3. The van der Waals surface area contributed by atoms with Gasteiger partial charge in [-0.05, 0) is 31.2 Å². The first-order valence-electron chi connectivity index (χ1n) is 8.97. The minimum absolute atomic E-state index is 0. The Kier molecular flexibility index (Phi) is 7.85. The van der Waals surface area contributed by atoms with Crippen molar-refractivity contribution in [3.05, 3.63) is 86.4 Å². The molecule has 0 atom stereocenters. The summed E-state index contributed by atoms with van der Waals surface area (Å²) in [5.41, 5.74) is 1.04. The number of carbonyl (C=O) groups excluding carboxylic acids is 2. The smallest absolute Gasteiger partial charge is 0.295 e. The second-order valence-corrected chi connectivity index (χ2v) is 7.43. The molecule has 0 saturated carbocycles. The van der Waals surface area contributed by atoms with E-state index in [9.17, 15) is 14.4 Å². The Bertz CT molecular complexity index is 1280. The molecule has 0 unspecified atom stereocenters. The zero-order valence-corrected chi connectivity index (χ0v) is 20.0. The number of nitrogens with one attached hydrogen (secondary N) is 1. The number of carbonyl (C=O) groups is 2. The van der Waals surface area contributed by atoms with Crippen LogP contribution >= 0.6 is 48.0 Å².